The molecule has 0 saturated carbocycles. The number of benzene rings is 2. The summed E-state index contributed by atoms with van der Waals surface area (Å²) in [6.45, 7) is 4.61. The molecule has 1 unspecified atom stereocenters. The highest BCUT2D eigenvalue weighted by molar-refractivity contribution is 6.04. The van der Waals surface area contributed by atoms with Crippen molar-refractivity contribution in [1.29, 1.82) is 0 Å². The SMILES string of the molecule is CCOc1ccc(N2CC(C(=O)Nc3cc(C(=O)OC)ccc3C)CC2=O)cc1. The minimum absolute atomic E-state index is 0.102. The number of hydrogen-bond acceptors (Lipinski definition) is 5. The molecule has 2 aromatic carbocycles. The molecule has 2 amide bonds. The molecule has 7 nitrogen and oxygen atoms in total. The molecular formula is C22H24N2O5. The van der Waals surface area contributed by atoms with E-state index in [1.54, 1.807) is 35.2 Å². The van der Waals surface area contributed by atoms with Crippen LogP contribution >= 0.6 is 0 Å². The molecule has 2 aromatic rings. The first-order chi connectivity index (χ1) is 13.9. The molecule has 7 heteroatoms. The molecule has 0 aromatic heterocycles. The average molecular weight is 396 g/mol. The van der Waals surface area contributed by atoms with Crippen molar-refractivity contribution in [3.8, 4) is 5.75 Å². The van der Waals surface area contributed by atoms with Gasteiger partial charge in [-0.25, -0.2) is 4.79 Å². The van der Waals surface area contributed by atoms with Crippen LogP contribution in [0.5, 0.6) is 5.75 Å². The van der Waals surface area contributed by atoms with Crippen molar-refractivity contribution in [3.63, 3.8) is 0 Å². The predicted octanol–water partition coefficient (Wildman–Crippen LogP) is 3.17. The minimum atomic E-state index is -0.477. The largest absolute Gasteiger partial charge is 0.494 e. The van der Waals surface area contributed by atoms with E-state index in [1.807, 2.05) is 26.0 Å². The van der Waals surface area contributed by atoms with Crippen LogP contribution in [0.2, 0.25) is 0 Å². The van der Waals surface area contributed by atoms with Gasteiger partial charge in [0.1, 0.15) is 5.75 Å². The molecular weight excluding hydrogens is 372 g/mol. The molecule has 3 rings (SSSR count). The molecule has 1 atom stereocenters. The van der Waals surface area contributed by atoms with E-state index < -0.39 is 11.9 Å². The Balaban J connectivity index is 1.70. The molecule has 1 aliphatic heterocycles. The number of ether oxygens (including phenoxy) is 2. The predicted molar refractivity (Wildman–Crippen MR) is 109 cm³/mol. The van der Waals surface area contributed by atoms with Crippen molar-refractivity contribution in [2.75, 3.05) is 30.5 Å². The number of esters is 1. The summed E-state index contributed by atoms with van der Waals surface area (Å²) in [5.41, 5.74) is 2.44. The second-order valence-electron chi connectivity index (χ2n) is 6.84. The maximum absolute atomic E-state index is 12.8. The second-order valence-corrected chi connectivity index (χ2v) is 6.84. The highest BCUT2D eigenvalue weighted by Crippen LogP contribution is 2.28. The topological polar surface area (TPSA) is 84.9 Å². The number of aryl methyl sites for hydroxylation is 1. The Morgan fingerprint density at radius 2 is 1.90 bits per heavy atom. The van der Waals surface area contributed by atoms with Gasteiger partial charge in [-0.1, -0.05) is 6.07 Å². The van der Waals surface area contributed by atoms with E-state index in [0.717, 1.165) is 17.0 Å². The van der Waals surface area contributed by atoms with Gasteiger partial charge in [0.15, 0.2) is 0 Å². The Bertz CT molecular complexity index is 923. The third-order valence-electron chi connectivity index (χ3n) is 4.87. The summed E-state index contributed by atoms with van der Waals surface area (Å²) in [6, 6.07) is 12.2. The number of hydrogen-bond donors (Lipinski definition) is 1. The van der Waals surface area contributed by atoms with Crippen molar-refractivity contribution in [3.05, 3.63) is 53.6 Å². The first-order valence-corrected chi connectivity index (χ1v) is 9.46. The monoisotopic (exact) mass is 396 g/mol. The van der Waals surface area contributed by atoms with Crippen LogP contribution in [0.1, 0.15) is 29.3 Å². The first-order valence-electron chi connectivity index (χ1n) is 9.46. The van der Waals surface area contributed by atoms with Gasteiger partial charge in [-0.2, -0.15) is 0 Å². The summed E-state index contributed by atoms with van der Waals surface area (Å²) in [4.78, 5) is 38.5. The van der Waals surface area contributed by atoms with Gasteiger partial charge in [-0.3, -0.25) is 9.59 Å². The van der Waals surface area contributed by atoms with Gasteiger partial charge >= 0.3 is 5.97 Å². The standard InChI is InChI=1S/C22H24N2O5/c1-4-29-18-9-7-17(8-10-18)24-13-16(12-20(24)25)21(26)23-19-11-15(22(27)28-3)6-5-14(19)2/h5-11,16H,4,12-13H2,1-3H3,(H,23,26). The highest BCUT2D eigenvalue weighted by atomic mass is 16.5. The van der Waals surface area contributed by atoms with E-state index >= 15 is 0 Å². The molecule has 1 aliphatic rings. The zero-order chi connectivity index (χ0) is 21.0. The number of methoxy groups -OCH3 is 1. The zero-order valence-electron chi connectivity index (χ0n) is 16.7. The first kappa shape index (κ1) is 20.4. The number of carbonyl (C=O) groups excluding carboxylic acids is 3. The number of carbonyl (C=O) groups is 3. The van der Waals surface area contributed by atoms with Crippen LogP contribution in [0.3, 0.4) is 0 Å². The molecule has 1 saturated heterocycles. The maximum atomic E-state index is 12.8. The van der Waals surface area contributed by atoms with Gasteiger partial charge in [0.05, 0.1) is 25.2 Å². The average Bonchev–Trinajstić information content (AvgIpc) is 3.11. The second kappa shape index (κ2) is 8.77. The maximum Gasteiger partial charge on any atom is 0.337 e. The smallest absolute Gasteiger partial charge is 0.337 e. The lowest BCUT2D eigenvalue weighted by atomic mass is 10.1. The fourth-order valence-electron chi connectivity index (χ4n) is 3.26. The van der Waals surface area contributed by atoms with Crippen LogP contribution < -0.4 is 15.0 Å². The number of nitrogens with zero attached hydrogens (tertiary/aromatic N) is 1. The van der Waals surface area contributed by atoms with Crippen LogP contribution in [-0.2, 0) is 14.3 Å². The molecule has 0 aliphatic carbocycles. The molecule has 0 radical (unpaired) electrons. The fourth-order valence-corrected chi connectivity index (χ4v) is 3.26. The third kappa shape index (κ3) is 4.56. The lowest BCUT2D eigenvalue weighted by Crippen LogP contribution is -2.28. The molecule has 0 spiro atoms. The third-order valence-corrected chi connectivity index (χ3v) is 4.87. The Hall–Kier alpha value is -3.35. The van der Waals surface area contributed by atoms with Crippen LogP contribution in [-0.4, -0.2) is 38.0 Å². The lowest BCUT2D eigenvalue weighted by molar-refractivity contribution is -0.122. The van der Waals surface area contributed by atoms with Gasteiger partial charge in [0, 0.05) is 24.3 Å². The van der Waals surface area contributed by atoms with Crippen molar-refractivity contribution in [1.82, 2.24) is 0 Å². The van der Waals surface area contributed by atoms with Crippen molar-refractivity contribution < 1.29 is 23.9 Å². The highest BCUT2D eigenvalue weighted by Gasteiger charge is 2.35. The van der Waals surface area contributed by atoms with Crippen molar-refractivity contribution in [2.45, 2.75) is 20.3 Å². The Morgan fingerprint density at radius 3 is 2.55 bits per heavy atom. The van der Waals surface area contributed by atoms with Crippen molar-refractivity contribution in [2.24, 2.45) is 5.92 Å². The minimum Gasteiger partial charge on any atom is -0.494 e. The van der Waals surface area contributed by atoms with Gasteiger partial charge in [0.25, 0.3) is 0 Å². The summed E-state index contributed by atoms with van der Waals surface area (Å²) < 4.78 is 10.1. The molecule has 0 bridgehead atoms. The van der Waals surface area contributed by atoms with E-state index in [0.29, 0.717) is 24.4 Å². The Morgan fingerprint density at radius 1 is 1.17 bits per heavy atom. The van der Waals surface area contributed by atoms with Crippen LogP contribution in [0.4, 0.5) is 11.4 Å². The zero-order valence-corrected chi connectivity index (χ0v) is 16.7. The number of nitrogens with one attached hydrogen (secondary N) is 1. The summed E-state index contributed by atoms with van der Waals surface area (Å²) in [5, 5.41) is 2.84. The number of anilines is 2. The van der Waals surface area contributed by atoms with E-state index in [-0.39, 0.29) is 18.2 Å². The van der Waals surface area contributed by atoms with Crippen molar-refractivity contribution >= 4 is 29.2 Å². The molecule has 1 heterocycles. The summed E-state index contributed by atoms with van der Waals surface area (Å²) in [5.74, 6) is -0.571. The summed E-state index contributed by atoms with van der Waals surface area (Å²) >= 11 is 0. The molecule has 29 heavy (non-hydrogen) atoms. The van der Waals surface area contributed by atoms with Crippen LogP contribution in [0.15, 0.2) is 42.5 Å². The molecule has 152 valence electrons. The van der Waals surface area contributed by atoms with Crippen LogP contribution in [0, 0.1) is 12.8 Å². The van der Waals surface area contributed by atoms with Crippen LogP contribution in [0.25, 0.3) is 0 Å². The van der Waals surface area contributed by atoms with Gasteiger partial charge < -0.3 is 19.7 Å². The number of rotatable bonds is 6. The van der Waals surface area contributed by atoms with E-state index in [1.165, 1.54) is 7.11 Å². The summed E-state index contributed by atoms with van der Waals surface area (Å²) in [6.07, 6.45) is 0.134. The van der Waals surface area contributed by atoms with Gasteiger partial charge in [-0.15, -0.1) is 0 Å². The normalized spacial score (nSPS) is 15.9. The van der Waals surface area contributed by atoms with E-state index in [2.05, 4.69) is 5.32 Å². The van der Waals surface area contributed by atoms with E-state index in [4.69, 9.17) is 9.47 Å². The molecule has 1 N–H and O–H groups in total. The van der Waals surface area contributed by atoms with Gasteiger partial charge in [0.2, 0.25) is 11.8 Å². The molecule has 1 fully saturated rings. The lowest BCUT2D eigenvalue weighted by Gasteiger charge is -2.17. The van der Waals surface area contributed by atoms with E-state index in [9.17, 15) is 14.4 Å². The number of amides is 2. The summed E-state index contributed by atoms with van der Waals surface area (Å²) in [7, 11) is 1.31. The fraction of sp³-hybridized carbons (Fsp3) is 0.318. The van der Waals surface area contributed by atoms with Gasteiger partial charge in [-0.05, 0) is 55.8 Å². The quantitative estimate of drug-likeness (QED) is 0.758. The Kier molecular flexibility index (Phi) is 6.16. The Labute approximate surface area is 169 Å².